The van der Waals surface area contributed by atoms with Crippen molar-refractivity contribution >= 4 is 46.4 Å². The summed E-state index contributed by atoms with van der Waals surface area (Å²) in [4.78, 5) is -0.596. The average Bonchev–Trinajstić information content (AvgIpc) is 1.59. The number of hydrogen-bond acceptors (Lipinski definition) is 1. The van der Waals surface area contributed by atoms with Crippen molar-refractivity contribution in [3.05, 3.63) is 0 Å². The Hall–Kier alpha value is 1.12. The van der Waals surface area contributed by atoms with E-state index in [2.05, 4.69) is 0 Å². The molecule has 0 radical (unpaired) electrons. The van der Waals surface area contributed by atoms with E-state index in [1.165, 1.54) is 0 Å². The third-order valence-electron chi connectivity index (χ3n) is 0.747. The van der Waals surface area contributed by atoms with E-state index in [-0.39, 0.29) is 6.42 Å². The van der Waals surface area contributed by atoms with Crippen LogP contribution in [0, 0.1) is 0 Å². The van der Waals surface area contributed by atoms with E-state index in [4.69, 9.17) is 51.1 Å². The minimum Gasteiger partial charge on any atom is -0.347 e. The van der Waals surface area contributed by atoms with Crippen LogP contribution < -0.4 is 0 Å². The van der Waals surface area contributed by atoms with Gasteiger partial charge in [-0.25, -0.2) is 0 Å². The molecule has 0 atom stereocenters. The van der Waals surface area contributed by atoms with Crippen molar-refractivity contribution < 1.29 is 4.74 Å². The zero-order valence-corrected chi connectivity index (χ0v) is 8.44. The Morgan fingerprint density at radius 3 is 2.20 bits per heavy atom. The fourth-order valence-electron chi connectivity index (χ4n) is 0.450. The summed E-state index contributed by atoms with van der Waals surface area (Å²) in [6.45, 7) is 2.23. The highest BCUT2D eigenvalue weighted by Gasteiger charge is 2.26. The smallest absolute Gasteiger partial charge is 0.219 e. The van der Waals surface area contributed by atoms with Crippen LogP contribution in [0.25, 0.3) is 0 Å². The fraction of sp³-hybridized carbons (Fsp3) is 1.00. The monoisotopic (exact) mass is 224 g/mol. The molecule has 0 amide bonds. The third-order valence-corrected chi connectivity index (χ3v) is 1.58. The maximum Gasteiger partial charge on any atom is 0.219 e. The number of rotatable bonds is 4. The van der Waals surface area contributed by atoms with Crippen LogP contribution >= 0.6 is 46.4 Å². The molecule has 0 aromatic carbocycles. The molecular weight excluding hydrogens is 218 g/mol. The van der Waals surface area contributed by atoms with Crippen LogP contribution in [0.1, 0.15) is 13.3 Å². The van der Waals surface area contributed by atoms with Gasteiger partial charge < -0.3 is 4.74 Å². The first kappa shape index (κ1) is 11.1. The molecule has 0 heterocycles. The zero-order valence-electron chi connectivity index (χ0n) is 5.41. The van der Waals surface area contributed by atoms with Crippen LogP contribution in [0.4, 0.5) is 0 Å². The molecule has 0 spiro atoms. The van der Waals surface area contributed by atoms with Crippen molar-refractivity contribution in [2.75, 3.05) is 6.61 Å². The van der Waals surface area contributed by atoms with Crippen molar-refractivity contribution in [2.45, 2.75) is 22.7 Å². The van der Waals surface area contributed by atoms with Gasteiger partial charge in [0.1, 0.15) is 4.84 Å². The van der Waals surface area contributed by atoms with E-state index in [0.717, 1.165) is 0 Å². The maximum absolute atomic E-state index is 5.61. The molecule has 10 heavy (non-hydrogen) atoms. The average molecular weight is 226 g/mol. The van der Waals surface area contributed by atoms with Gasteiger partial charge in [0, 0.05) is 13.0 Å². The van der Waals surface area contributed by atoms with Gasteiger partial charge in [-0.1, -0.05) is 23.2 Å². The quantitative estimate of drug-likeness (QED) is 0.667. The number of alkyl halides is 4. The molecular formula is C5H8Cl4O. The molecule has 0 aliphatic carbocycles. The lowest BCUT2D eigenvalue weighted by atomic mass is 10.5. The Morgan fingerprint density at radius 1 is 1.40 bits per heavy atom. The summed E-state index contributed by atoms with van der Waals surface area (Å²) in [7, 11) is 0. The summed E-state index contributed by atoms with van der Waals surface area (Å²) in [6.07, 6.45) is 0.201. The molecule has 0 N–H and O–H groups in total. The summed E-state index contributed by atoms with van der Waals surface area (Å²) in [5.41, 5.74) is 0. The summed E-state index contributed by atoms with van der Waals surface area (Å²) in [6, 6.07) is 0. The highest BCUT2D eigenvalue weighted by molar-refractivity contribution is 6.49. The molecule has 0 rings (SSSR count). The highest BCUT2D eigenvalue weighted by atomic mass is 35.5. The van der Waals surface area contributed by atoms with Gasteiger partial charge in [0.2, 0.25) is 4.52 Å². The number of hydrogen-bond donors (Lipinski definition) is 0. The largest absolute Gasteiger partial charge is 0.347 e. The van der Waals surface area contributed by atoms with Crippen molar-refractivity contribution in [2.24, 2.45) is 0 Å². The Labute approximate surface area is 80.5 Å². The van der Waals surface area contributed by atoms with Gasteiger partial charge >= 0.3 is 0 Å². The first-order chi connectivity index (χ1) is 4.48. The molecule has 1 nitrogen and oxygen atoms in total. The lowest BCUT2D eigenvalue weighted by Crippen LogP contribution is -2.20. The molecule has 0 saturated carbocycles. The van der Waals surface area contributed by atoms with Crippen LogP contribution in [-0.4, -0.2) is 16.0 Å². The van der Waals surface area contributed by atoms with Crippen molar-refractivity contribution in [3.8, 4) is 0 Å². The van der Waals surface area contributed by atoms with Gasteiger partial charge in [-0.05, 0) is 6.92 Å². The molecule has 0 saturated heterocycles. The van der Waals surface area contributed by atoms with E-state index in [9.17, 15) is 0 Å². The predicted molar refractivity (Wildman–Crippen MR) is 46.2 cm³/mol. The van der Waals surface area contributed by atoms with Gasteiger partial charge in [-0.3, -0.25) is 0 Å². The molecule has 62 valence electrons. The van der Waals surface area contributed by atoms with Crippen molar-refractivity contribution in [3.63, 3.8) is 0 Å². The standard InChI is InChI=1S/C5H8Cl4O/c1-2-10-5(8,9)3-4(6)7/h4H,2-3H2,1H3. The molecule has 5 heteroatoms. The van der Waals surface area contributed by atoms with E-state index >= 15 is 0 Å². The first-order valence-electron chi connectivity index (χ1n) is 2.78. The first-order valence-corrected chi connectivity index (χ1v) is 4.40. The van der Waals surface area contributed by atoms with E-state index in [1.807, 2.05) is 0 Å². The van der Waals surface area contributed by atoms with Crippen LogP contribution in [0.2, 0.25) is 0 Å². The maximum atomic E-state index is 5.61. The molecule has 0 aliphatic rings. The molecule has 0 bridgehead atoms. The van der Waals surface area contributed by atoms with Gasteiger partial charge in [-0.15, -0.1) is 23.2 Å². The van der Waals surface area contributed by atoms with Crippen LogP contribution in [0.5, 0.6) is 0 Å². The Balaban J connectivity index is 3.63. The lowest BCUT2D eigenvalue weighted by Gasteiger charge is -2.19. The molecule has 0 aromatic heterocycles. The van der Waals surface area contributed by atoms with E-state index < -0.39 is 9.36 Å². The summed E-state index contributed by atoms with van der Waals surface area (Å²) in [5, 5.41) is 0. The van der Waals surface area contributed by atoms with Crippen LogP contribution in [-0.2, 0) is 4.74 Å². The van der Waals surface area contributed by atoms with Crippen molar-refractivity contribution in [1.82, 2.24) is 0 Å². The fourth-order valence-corrected chi connectivity index (χ4v) is 1.73. The van der Waals surface area contributed by atoms with Gasteiger partial charge in [0.25, 0.3) is 0 Å². The van der Waals surface area contributed by atoms with Gasteiger partial charge in [0.15, 0.2) is 0 Å². The highest BCUT2D eigenvalue weighted by Crippen LogP contribution is 2.31. The Morgan fingerprint density at radius 2 is 1.90 bits per heavy atom. The Bertz CT molecular complexity index is 93.6. The van der Waals surface area contributed by atoms with Gasteiger partial charge in [-0.2, -0.15) is 0 Å². The molecule has 0 aliphatic heterocycles. The predicted octanol–water partition coefficient (Wildman–Crippen LogP) is 3.35. The Kier molecular flexibility index (Phi) is 5.44. The molecule has 0 unspecified atom stereocenters. The minimum atomic E-state index is -1.25. The second-order valence-corrected chi connectivity index (χ2v) is 4.36. The van der Waals surface area contributed by atoms with Crippen LogP contribution in [0.3, 0.4) is 0 Å². The molecule has 0 aromatic rings. The minimum absolute atomic E-state index is 0.201. The number of halogens is 4. The second kappa shape index (κ2) is 4.89. The van der Waals surface area contributed by atoms with Gasteiger partial charge in [0.05, 0.1) is 0 Å². The summed E-state index contributed by atoms with van der Waals surface area (Å²) >= 11 is 22.0. The third kappa shape index (κ3) is 5.87. The SMILES string of the molecule is CCOC(Cl)(Cl)CC(Cl)Cl. The second-order valence-electron chi connectivity index (χ2n) is 1.67. The zero-order chi connectivity index (χ0) is 8.20. The lowest BCUT2D eigenvalue weighted by molar-refractivity contribution is 0.0855. The summed E-state index contributed by atoms with van der Waals surface area (Å²) in [5.74, 6) is 0. The summed E-state index contributed by atoms with van der Waals surface area (Å²) < 4.78 is 3.66. The van der Waals surface area contributed by atoms with Crippen LogP contribution in [0.15, 0.2) is 0 Å². The van der Waals surface area contributed by atoms with Crippen molar-refractivity contribution in [1.29, 1.82) is 0 Å². The topological polar surface area (TPSA) is 9.23 Å². The molecule has 0 fully saturated rings. The van der Waals surface area contributed by atoms with E-state index in [0.29, 0.717) is 6.61 Å². The van der Waals surface area contributed by atoms with E-state index in [1.54, 1.807) is 6.92 Å². The normalized spacial score (nSPS) is 12.6. The number of ether oxygens (including phenoxy) is 1.